The second-order valence-corrected chi connectivity index (χ2v) is 8.30. The molecule has 1 aliphatic rings. The number of nitrogens with one attached hydrogen (secondary N) is 2. The van der Waals surface area contributed by atoms with Crippen LogP contribution in [0.25, 0.3) is 0 Å². The van der Waals surface area contributed by atoms with Crippen molar-refractivity contribution in [2.75, 3.05) is 18.1 Å². The molecule has 0 spiro atoms. The molecule has 8 heteroatoms. The Bertz CT molecular complexity index is 976. The molecular weight excluding hydrogens is 371 g/mol. The number of benzene rings is 2. The third-order valence-corrected chi connectivity index (χ3v) is 5.08. The predicted molar refractivity (Wildman–Crippen MR) is 101 cm³/mol. The van der Waals surface area contributed by atoms with Gasteiger partial charge in [0.05, 0.1) is 30.7 Å². The van der Waals surface area contributed by atoms with Crippen LogP contribution in [0.15, 0.2) is 36.4 Å². The lowest BCUT2D eigenvalue weighted by Crippen LogP contribution is -2.31. The third kappa shape index (κ3) is 4.57. The minimum Gasteiger partial charge on any atom is -0.497 e. The van der Waals surface area contributed by atoms with Crippen molar-refractivity contribution in [2.24, 2.45) is 0 Å². The number of carbonyl (C=O) groups is 1. The van der Waals surface area contributed by atoms with Crippen molar-refractivity contribution in [3.05, 3.63) is 58.9 Å². The number of methoxy groups -OCH3 is 1. The van der Waals surface area contributed by atoms with Crippen LogP contribution in [-0.4, -0.2) is 27.7 Å². The monoisotopic (exact) mass is 392 g/mol. The number of halogens is 1. The first kappa shape index (κ1) is 19.2. The Hall–Kier alpha value is -2.61. The van der Waals surface area contributed by atoms with Crippen molar-refractivity contribution in [3.8, 4) is 5.75 Å². The number of carbonyl (C=O) groups excluding carboxylic acids is 1. The summed E-state index contributed by atoms with van der Waals surface area (Å²) in [5.74, 6) is -0.400. The SMILES string of the molecule is COc1ccc2c(c1)C(NC(=O)c1ccc(F)cc1NS(C)(=O)=O)CCC2. The lowest BCUT2D eigenvalue weighted by atomic mass is 9.87. The molecule has 0 aliphatic heterocycles. The van der Waals surface area contributed by atoms with Gasteiger partial charge in [-0.15, -0.1) is 0 Å². The Balaban J connectivity index is 1.89. The maximum Gasteiger partial charge on any atom is 0.253 e. The van der Waals surface area contributed by atoms with Gasteiger partial charge in [-0.3, -0.25) is 9.52 Å². The van der Waals surface area contributed by atoms with Crippen molar-refractivity contribution in [1.82, 2.24) is 5.32 Å². The van der Waals surface area contributed by atoms with Gasteiger partial charge in [0.25, 0.3) is 5.91 Å². The zero-order valence-corrected chi connectivity index (χ0v) is 15.9. The molecule has 0 saturated carbocycles. The molecule has 0 aromatic heterocycles. The van der Waals surface area contributed by atoms with Crippen LogP contribution < -0.4 is 14.8 Å². The van der Waals surface area contributed by atoms with E-state index in [1.54, 1.807) is 7.11 Å². The lowest BCUT2D eigenvalue weighted by molar-refractivity contribution is 0.0933. The van der Waals surface area contributed by atoms with Crippen molar-refractivity contribution in [3.63, 3.8) is 0 Å². The summed E-state index contributed by atoms with van der Waals surface area (Å²) in [4.78, 5) is 12.8. The number of hydrogen-bond acceptors (Lipinski definition) is 4. The molecule has 6 nitrogen and oxygen atoms in total. The molecule has 0 heterocycles. The number of sulfonamides is 1. The largest absolute Gasteiger partial charge is 0.497 e. The number of ether oxygens (including phenoxy) is 1. The predicted octanol–water partition coefficient (Wildman–Crippen LogP) is 3.01. The van der Waals surface area contributed by atoms with Gasteiger partial charge in [0.2, 0.25) is 10.0 Å². The summed E-state index contributed by atoms with van der Waals surface area (Å²) >= 11 is 0. The maximum atomic E-state index is 13.5. The average molecular weight is 392 g/mol. The van der Waals surface area contributed by atoms with Crippen LogP contribution in [0.4, 0.5) is 10.1 Å². The van der Waals surface area contributed by atoms with Crippen LogP contribution in [0.2, 0.25) is 0 Å². The number of fused-ring (bicyclic) bond motifs is 1. The zero-order chi connectivity index (χ0) is 19.6. The van der Waals surface area contributed by atoms with Crippen LogP contribution in [0.1, 0.15) is 40.4 Å². The molecule has 27 heavy (non-hydrogen) atoms. The molecule has 0 radical (unpaired) electrons. The van der Waals surface area contributed by atoms with Gasteiger partial charge in [-0.1, -0.05) is 6.07 Å². The summed E-state index contributed by atoms with van der Waals surface area (Å²) in [7, 11) is -2.07. The standard InChI is InChI=1S/C19H21FN2O4S/c1-26-14-8-6-12-4-3-5-17(16(12)11-14)21-19(23)15-9-7-13(20)10-18(15)22-27(2,24)25/h6-11,17,22H,3-5H2,1-2H3,(H,21,23). The summed E-state index contributed by atoms with van der Waals surface area (Å²) in [6.45, 7) is 0. The molecule has 2 aromatic carbocycles. The molecule has 144 valence electrons. The third-order valence-electron chi connectivity index (χ3n) is 4.49. The highest BCUT2D eigenvalue weighted by atomic mass is 32.2. The topological polar surface area (TPSA) is 84.5 Å². The van der Waals surface area contributed by atoms with Gasteiger partial charge in [0.1, 0.15) is 11.6 Å². The molecule has 2 aromatic rings. The molecule has 3 rings (SSSR count). The zero-order valence-electron chi connectivity index (χ0n) is 15.1. The average Bonchev–Trinajstić information content (AvgIpc) is 2.60. The first-order valence-corrected chi connectivity index (χ1v) is 10.4. The summed E-state index contributed by atoms with van der Waals surface area (Å²) in [6, 6.07) is 8.94. The fourth-order valence-electron chi connectivity index (χ4n) is 3.29. The van der Waals surface area contributed by atoms with Gasteiger partial charge >= 0.3 is 0 Å². The summed E-state index contributed by atoms with van der Waals surface area (Å²) < 4.78 is 44.1. The van der Waals surface area contributed by atoms with Gasteiger partial charge in [-0.25, -0.2) is 12.8 Å². The van der Waals surface area contributed by atoms with E-state index in [4.69, 9.17) is 4.74 Å². The number of amides is 1. The lowest BCUT2D eigenvalue weighted by Gasteiger charge is -2.27. The fourth-order valence-corrected chi connectivity index (χ4v) is 3.86. The van der Waals surface area contributed by atoms with E-state index >= 15 is 0 Å². The van der Waals surface area contributed by atoms with Gasteiger partial charge < -0.3 is 10.1 Å². The number of aryl methyl sites for hydroxylation is 1. The van der Waals surface area contributed by atoms with Crippen molar-refractivity contribution in [1.29, 1.82) is 0 Å². The Kier molecular flexibility index (Phi) is 5.36. The summed E-state index contributed by atoms with van der Waals surface area (Å²) in [6.07, 6.45) is 3.54. The van der Waals surface area contributed by atoms with E-state index in [2.05, 4.69) is 10.0 Å². The molecule has 1 atom stereocenters. The number of anilines is 1. The number of hydrogen-bond donors (Lipinski definition) is 2. The van der Waals surface area contributed by atoms with Crippen molar-refractivity contribution in [2.45, 2.75) is 25.3 Å². The van der Waals surface area contributed by atoms with E-state index in [0.717, 1.165) is 48.8 Å². The maximum absolute atomic E-state index is 13.5. The molecule has 1 aliphatic carbocycles. The highest BCUT2D eigenvalue weighted by Crippen LogP contribution is 2.33. The van der Waals surface area contributed by atoms with E-state index in [9.17, 15) is 17.6 Å². The molecular formula is C19H21FN2O4S. The Morgan fingerprint density at radius 3 is 2.70 bits per heavy atom. The van der Waals surface area contributed by atoms with E-state index in [0.29, 0.717) is 5.75 Å². The second kappa shape index (κ2) is 7.56. The fraction of sp³-hybridized carbons (Fsp3) is 0.316. The van der Waals surface area contributed by atoms with Gasteiger partial charge in [0.15, 0.2) is 0 Å². The smallest absolute Gasteiger partial charge is 0.253 e. The number of rotatable bonds is 5. The summed E-state index contributed by atoms with van der Waals surface area (Å²) in [5.41, 5.74) is 2.10. The van der Waals surface area contributed by atoms with E-state index in [1.807, 2.05) is 18.2 Å². The van der Waals surface area contributed by atoms with Crippen molar-refractivity contribution >= 4 is 21.6 Å². The van der Waals surface area contributed by atoms with E-state index < -0.39 is 21.7 Å². The van der Waals surface area contributed by atoms with E-state index in [1.165, 1.54) is 6.07 Å². The highest BCUT2D eigenvalue weighted by molar-refractivity contribution is 7.92. The van der Waals surface area contributed by atoms with Crippen LogP contribution in [0.5, 0.6) is 5.75 Å². The summed E-state index contributed by atoms with van der Waals surface area (Å²) in [5, 5.41) is 2.94. The molecule has 0 bridgehead atoms. The van der Waals surface area contributed by atoms with Crippen LogP contribution in [-0.2, 0) is 16.4 Å². The van der Waals surface area contributed by atoms with Crippen LogP contribution in [0.3, 0.4) is 0 Å². The van der Waals surface area contributed by atoms with Crippen LogP contribution >= 0.6 is 0 Å². The van der Waals surface area contributed by atoms with E-state index in [-0.39, 0.29) is 17.3 Å². The Morgan fingerprint density at radius 2 is 2.00 bits per heavy atom. The van der Waals surface area contributed by atoms with Gasteiger partial charge in [-0.2, -0.15) is 0 Å². The minimum atomic E-state index is -3.65. The Labute approximate surface area is 157 Å². The molecule has 1 unspecified atom stereocenters. The minimum absolute atomic E-state index is 0.0665. The molecule has 0 saturated heterocycles. The highest BCUT2D eigenvalue weighted by Gasteiger charge is 2.24. The van der Waals surface area contributed by atoms with Gasteiger partial charge in [-0.05, 0) is 60.7 Å². The normalized spacial score (nSPS) is 16.3. The first-order chi connectivity index (χ1) is 12.8. The molecule has 1 amide bonds. The molecule has 2 N–H and O–H groups in total. The molecule has 0 fully saturated rings. The quantitative estimate of drug-likeness (QED) is 0.819. The van der Waals surface area contributed by atoms with Crippen molar-refractivity contribution < 1.29 is 22.3 Å². The first-order valence-electron chi connectivity index (χ1n) is 8.52. The Morgan fingerprint density at radius 1 is 1.22 bits per heavy atom. The second-order valence-electron chi connectivity index (χ2n) is 6.55. The van der Waals surface area contributed by atoms with Gasteiger partial charge in [0, 0.05) is 0 Å². The van der Waals surface area contributed by atoms with Crippen LogP contribution in [0, 0.1) is 5.82 Å².